The van der Waals surface area contributed by atoms with E-state index in [2.05, 4.69) is 0 Å². The molecule has 2 N–H and O–H groups in total. The van der Waals surface area contributed by atoms with Crippen molar-refractivity contribution in [1.29, 1.82) is 0 Å². The van der Waals surface area contributed by atoms with Crippen molar-refractivity contribution in [2.24, 2.45) is 5.73 Å². The van der Waals surface area contributed by atoms with Crippen LogP contribution in [-0.4, -0.2) is 11.6 Å². The molecule has 94 valence electrons. The van der Waals surface area contributed by atoms with E-state index in [4.69, 9.17) is 10.5 Å². The summed E-state index contributed by atoms with van der Waals surface area (Å²) in [6.45, 7) is 9.12. The van der Waals surface area contributed by atoms with Gasteiger partial charge in [0, 0.05) is 0 Å². The number of nitrogens with two attached hydrogens (primary N) is 1. The van der Waals surface area contributed by atoms with E-state index in [0.717, 1.165) is 11.1 Å². The van der Waals surface area contributed by atoms with E-state index in [0.29, 0.717) is 0 Å². The summed E-state index contributed by atoms with van der Waals surface area (Å²) < 4.78 is 5.35. The van der Waals surface area contributed by atoms with Gasteiger partial charge in [-0.1, -0.05) is 24.3 Å². The van der Waals surface area contributed by atoms with E-state index < -0.39 is 17.1 Å². The summed E-state index contributed by atoms with van der Waals surface area (Å²) in [7, 11) is 0. The molecule has 0 bridgehead atoms. The van der Waals surface area contributed by atoms with Gasteiger partial charge in [-0.05, 0) is 45.7 Å². The topological polar surface area (TPSA) is 52.3 Å². The van der Waals surface area contributed by atoms with E-state index in [1.807, 2.05) is 52.0 Å². The molecule has 0 fully saturated rings. The van der Waals surface area contributed by atoms with Crippen LogP contribution in [0.15, 0.2) is 24.3 Å². The van der Waals surface area contributed by atoms with E-state index >= 15 is 0 Å². The van der Waals surface area contributed by atoms with Gasteiger partial charge in [-0.15, -0.1) is 0 Å². The molecule has 0 radical (unpaired) electrons. The minimum absolute atomic E-state index is 0.403. The maximum atomic E-state index is 12.1. The molecule has 3 heteroatoms. The molecular weight excluding hydrogens is 214 g/mol. The minimum atomic E-state index is -1.11. The molecule has 0 saturated carbocycles. The van der Waals surface area contributed by atoms with Gasteiger partial charge < -0.3 is 10.5 Å². The van der Waals surface area contributed by atoms with Gasteiger partial charge in [0.05, 0.1) is 0 Å². The van der Waals surface area contributed by atoms with E-state index in [1.54, 1.807) is 6.92 Å². The van der Waals surface area contributed by atoms with Gasteiger partial charge in [0.2, 0.25) is 0 Å². The molecular formula is C14H21NO2. The fraction of sp³-hybridized carbons (Fsp3) is 0.500. The van der Waals surface area contributed by atoms with Crippen LogP contribution >= 0.6 is 0 Å². The lowest BCUT2D eigenvalue weighted by Gasteiger charge is -2.29. The summed E-state index contributed by atoms with van der Waals surface area (Å²) in [5.74, 6) is -0.403. The fourth-order valence-electron chi connectivity index (χ4n) is 1.65. The number of hydrogen-bond acceptors (Lipinski definition) is 3. The number of benzene rings is 1. The summed E-state index contributed by atoms with van der Waals surface area (Å²) in [4.78, 5) is 12.1. The Balaban J connectivity index is 3.03. The van der Waals surface area contributed by atoms with Crippen molar-refractivity contribution in [1.82, 2.24) is 0 Å². The number of hydrogen-bond donors (Lipinski definition) is 1. The number of carbonyl (C=O) groups is 1. The molecule has 1 aromatic rings. The summed E-state index contributed by atoms with van der Waals surface area (Å²) in [5, 5.41) is 0. The number of carbonyl (C=O) groups excluding carboxylic acids is 1. The molecule has 0 aromatic heterocycles. The zero-order valence-corrected chi connectivity index (χ0v) is 11.2. The van der Waals surface area contributed by atoms with Crippen LogP contribution in [0.25, 0.3) is 0 Å². The second-order valence-corrected chi connectivity index (χ2v) is 5.52. The first-order valence-electron chi connectivity index (χ1n) is 5.73. The summed E-state index contributed by atoms with van der Waals surface area (Å²) in [5.41, 5.74) is 6.26. The normalized spacial score (nSPS) is 15.2. The second kappa shape index (κ2) is 4.49. The third kappa shape index (κ3) is 3.30. The largest absolute Gasteiger partial charge is 0.458 e. The van der Waals surface area contributed by atoms with Crippen LogP contribution < -0.4 is 5.73 Å². The van der Waals surface area contributed by atoms with Gasteiger partial charge in [-0.25, -0.2) is 4.79 Å². The monoisotopic (exact) mass is 235 g/mol. The number of esters is 1. The highest BCUT2D eigenvalue weighted by molar-refractivity contribution is 5.82. The molecule has 0 aliphatic heterocycles. The highest BCUT2D eigenvalue weighted by Gasteiger charge is 2.35. The molecule has 1 rings (SSSR count). The van der Waals surface area contributed by atoms with Crippen molar-refractivity contribution >= 4 is 5.97 Å². The molecule has 0 saturated heterocycles. The molecule has 0 aliphatic rings. The van der Waals surface area contributed by atoms with Crippen LogP contribution in [0, 0.1) is 6.92 Å². The Morgan fingerprint density at radius 3 is 2.18 bits per heavy atom. The number of ether oxygens (including phenoxy) is 1. The highest BCUT2D eigenvalue weighted by atomic mass is 16.6. The van der Waals surface area contributed by atoms with Gasteiger partial charge in [0.1, 0.15) is 11.1 Å². The predicted octanol–water partition coefficient (Wildman–Crippen LogP) is 2.51. The van der Waals surface area contributed by atoms with Crippen molar-refractivity contribution in [2.75, 3.05) is 0 Å². The Hall–Kier alpha value is -1.35. The Labute approximate surface area is 103 Å². The van der Waals surface area contributed by atoms with E-state index in [-0.39, 0.29) is 0 Å². The minimum Gasteiger partial charge on any atom is -0.458 e. The lowest BCUT2D eigenvalue weighted by Crippen LogP contribution is -2.46. The van der Waals surface area contributed by atoms with Crippen molar-refractivity contribution in [3.8, 4) is 0 Å². The lowest BCUT2D eigenvalue weighted by molar-refractivity contribution is -0.161. The molecule has 0 spiro atoms. The zero-order valence-electron chi connectivity index (χ0n) is 11.2. The first kappa shape index (κ1) is 13.7. The average Bonchev–Trinajstić information content (AvgIpc) is 2.15. The van der Waals surface area contributed by atoms with Gasteiger partial charge in [0.25, 0.3) is 0 Å². The van der Waals surface area contributed by atoms with Crippen LogP contribution in [0.1, 0.15) is 38.8 Å². The smallest absolute Gasteiger partial charge is 0.331 e. The molecule has 17 heavy (non-hydrogen) atoms. The predicted molar refractivity (Wildman–Crippen MR) is 68.6 cm³/mol. The van der Waals surface area contributed by atoms with E-state index in [1.165, 1.54) is 0 Å². The Bertz CT molecular complexity index is 416. The number of rotatable bonds is 2. The second-order valence-electron chi connectivity index (χ2n) is 5.52. The van der Waals surface area contributed by atoms with Gasteiger partial charge >= 0.3 is 5.97 Å². The first-order valence-corrected chi connectivity index (χ1v) is 5.73. The van der Waals surface area contributed by atoms with Crippen LogP contribution in [-0.2, 0) is 15.1 Å². The maximum Gasteiger partial charge on any atom is 0.331 e. The Morgan fingerprint density at radius 1 is 1.18 bits per heavy atom. The summed E-state index contributed by atoms with van der Waals surface area (Å²) in [6, 6.07) is 7.59. The molecule has 3 nitrogen and oxygen atoms in total. The van der Waals surface area contributed by atoms with Gasteiger partial charge in [0.15, 0.2) is 0 Å². The molecule has 0 amide bonds. The van der Waals surface area contributed by atoms with Crippen molar-refractivity contribution in [3.05, 3.63) is 35.4 Å². The third-order valence-corrected chi connectivity index (χ3v) is 2.53. The molecule has 0 heterocycles. The third-order valence-electron chi connectivity index (χ3n) is 2.53. The summed E-state index contributed by atoms with van der Waals surface area (Å²) in [6.07, 6.45) is 0. The fourth-order valence-corrected chi connectivity index (χ4v) is 1.65. The Morgan fingerprint density at radius 2 is 1.71 bits per heavy atom. The molecule has 1 atom stereocenters. The van der Waals surface area contributed by atoms with Crippen LogP contribution in [0.5, 0.6) is 0 Å². The first-order chi connectivity index (χ1) is 7.64. The maximum absolute atomic E-state index is 12.1. The van der Waals surface area contributed by atoms with Crippen molar-refractivity contribution < 1.29 is 9.53 Å². The van der Waals surface area contributed by atoms with Crippen molar-refractivity contribution in [2.45, 2.75) is 45.8 Å². The Kier molecular flexibility index (Phi) is 3.62. The van der Waals surface area contributed by atoms with Gasteiger partial charge in [-0.3, -0.25) is 0 Å². The summed E-state index contributed by atoms with van der Waals surface area (Å²) >= 11 is 0. The van der Waals surface area contributed by atoms with Crippen LogP contribution in [0.2, 0.25) is 0 Å². The standard InChI is InChI=1S/C14H21NO2/c1-10-8-6-7-9-11(10)14(5,15)12(16)17-13(2,3)4/h6-9H,15H2,1-5H3/t14-/m0/s1. The lowest BCUT2D eigenvalue weighted by atomic mass is 9.89. The quantitative estimate of drug-likeness (QED) is 0.801. The molecule has 1 aromatic carbocycles. The van der Waals surface area contributed by atoms with Crippen LogP contribution in [0.3, 0.4) is 0 Å². The molecule has 0 unspecified atom stereocenters. The highest BCUT2D eigenvalue weighted by Crippen LogP contribution is 2.24. The average molecular weight is 235 g/mol. The SMILES string of the molecule is Cc1ccccc1[C@](C)(N)C(=O)OC(C)(C)C. The van der Waals surface area contributed by atoms with Gasteiger partial charge in [-0.2, -0.15) is 0 Å². The van der Waals surface area contributed by atoms with Crippen molar-refractivity contribution in [3.63, 3.8) is 0 Å². The van der Waals surface area contributed by atoms with Crippen LogP contribution in [0.4, 0.5) is 0 Å². The zero-order chi connectivity index (χ0) is 13.3. The number of aryl methyl sites for hydroxylation is 1. The molecule has 0 aliphatic carbocycles. The van der Waals surface area contributed by atoms with E-state index in [9.17, 15) is 4.79 Å².